The second-order valence-electron chi connectivity index (χ2n) is 5.70. The van der Waals surface area contributed by atoms with Crippen LogP contribution in [0, 0.1) is 0 Å². The molecule has 0 bridgehead atoms. The van der Waals surface area contributed by atoms with E-state index in [1.807, 2.05) is 24.3 Å². The van der Waals surface area contributed by atoms with E-state index in [-0.39, 0.29) is 6.04 Å². The summed E-state index contributed by atoms with van der Waals surface area (Å²) in [7, 11) is 1.66. The molecule has 0 radical (unpaired) electrons. The van der Waals surface area contributed by atoms with Gasteiger partial charge in [-0.25, -0.2) is 0 Å². The lowest BCUT2D eigenvalue weighted by molar-refractivity contribution is 0.0560. The Morgan fingerprint density at radius 1 is 1.05 bits per heavy atom. The SMILES string of the molecule is CCCCN(CCCC)C(C)C(O)c1ccc(OC)cc1. The molecule has 1 aromatic carbocycles. The number of rotatable bonds is 10. The Hall–Kier alpha value is -1.06. The zero-order valence-electron chi connectivity index (χ0n) is 14.0. The molecule has 3 heteroatoms. The molecule has 0 heterocycles. The van der Waals surface area contributed by atoms with Crippen LogP contribution in [0.3, 0.4) is 0 Å². The van der Waals surface area contributed by atoms with Crippen molar-refractivity contribution < 1.29 is 9.84 Å². The number of nitrogens with zero attached hydrogens (tertiary/aromatic N) is 1. The van der Waals surface area contributed by atoms with E-state index >= 15 is 0 Å². The van der Waals surface area contributed by atoms with E-state index in [1.54, 1.807) is 7.11 Å². The summed E-state index contributed by atoms with van der Waals surface area (Å²) >= 11 is 0. The molecule has 1 rings (SSSR count). The minimum absolute atomic E-state index is 0.136. The average Bonchev–Trinajstić information content (AvgIpc) is 2.54. The molecule has 2 unspecified atom stereocenters. The van der Waals surface area contributed by atoms with Gasteiger partial charge in [0.2, 0.25) is 0 Å². The smallest absolute Gasteiger partial charge is 0.118 e. The highest BCUT2D eigenvalue weighted by Gasteiger charge is 2.22. The van der Waals surface area contributed by atoms with Gasteiger partial charge in [-0.15, -0.1) is 0 Å². The Bertz CT molecular complexity index is 369. The van der Waals surface area contributed by atoms with Gasteiger partial charge in [0, 0.05) is 6.04 Å². The first-order valence-electron chi connectivity index (χ1n) is 8.20. The lowest BCUT2D eigenvalue weighted by atomic mass is 10.0. The summed E-state index contributed by atoms with van der Waals surface area (Å²) in [4.78, 5) is 2.42. The van der Waals surface area contributed by atoms with Crippen molar-refractivity contribution in [2.45, 2.75) is 58.6 Å². The molecule has 0 aliphatic carbocycles. The standard InChI is InChI=1S/C18H31NO2/c1-5-7-13-19(14-8-6-2)15(3)18(20)16-9-11-17(21-4)12-10-16/h9-12,15,18,20H,5-8,13-14H2,1-4H3. The fourth-order valence-electron chi connectivity index (χ4n) is 2.52. The molecule has 0 fully saturated rings. The van der Waals surface area contributed by atoms with Crippen LogP contribution in [0.4, 0.5) is 0 Å². The van der Waals surface area contributed by atoms with Gasteiger partial charge in [-0.2, -0.15) is 0 Å². The van der Waals surface area contributed by atoms with Crippen LogP contribution in [0.25, 0.3) is 0 Å². The first kappa shape index (κ1) is 18.0. The molecule has 0 spiro atoms. The molecule has 0 aliphatic heterocycles. The van der Waals surface area contributed by atoms with E-state index in [4.69, 9.17) is 4.74 Å². The molecular formula is C18H31NO2. The zero-order valence-corrected chi connectivity index (χ0v) is 14.0. The predicted octanol–water partition coefficient (Wildman–Crippen LogP) is 4.02. The van der Waals surface area contributed by atoms with Crippen molar-refractivity contribution in [3.63, 3.8) is 0 Å². The van der Waals surface area contributed by atoms with Crippen molar-refractivity contribution in [1.82, 2.24) is 4.90 Å². The molecular weight excluding hydrogens is 262 g/mol. The summed E-state index contributed by atoms with van der Waals surface area (Å²) in [6.07, 6.45) is 4.29. The van der Waals surface area contributed by atoms with Crippen molar-refractivity contribution in [1.29, 1.82) is 0 Å². The van der Waals surface area contributed by atoms with E-state index in [2.05, 4.69) is 25.7 Å². The zero-order chi connectivity index (χ0) is 15.7. The number of benzene rings is 1. The van der Waals surface area contributed by atoms with E-state index in [0.29, 0.717) is 0 Å². The molecule has 0 saturated heterocycles. The monoisotopic (exact) mass is 293 g/mol. The van der Waals surface area contributed by atoms with Crippen LogP contribution >= 0.6 is 0 Å². The molecule has 0 saturated carbocycles. The predicted molar refractivity (Wildman–Crippen MR) is 88.8 cm³/mol. The second-order valence-corrected chi connectivity index (χ2v) is 5.70. The number of aliphatic hydroxyl groups excluding tert-OH is 1. The third-order valence-corrected chi connectivity index (χ3v) is 4.09. The van der Waals surface area contributed by atoms with Crippen molar-refractivity contribution in [3.05, 3.63) is 29.8 Å². The Labute approximate surface area is 129 Å². The largest absolute Gasteiger partial charge is 0.497 e. The Kier molecular flexibility index (Phi) is 8.40. The summed E-state index contributed by atoms with van der Waals surface area (Å²) < 4.78 is 5.17. The van der Waals surface area contributed by atoms with E-state index < -0.39 is 6.10 Å². The maximum atomic E-state index is 10.6. The first-order chi connectivity index (χ1) is 10.1. The van der Waals surface area contributed by atoms with Crippen LogP contribution in [0.15, 0.2) is 24.3 Å². The summed E-state index contributed by atoms with van der Waals surface area (Å²) in [5, 5.41) is 10.6. The van der Waals surface area contributed by atoms with Crippen molar-refractivity contribution in [2.24, 2.45) is 0 Å². The number of hydrogen-bond donors (Lipinski definition) is 1. The first-order valence-corrected chi connectivity index (χ1v) is 8.20. The molecule has 3 nitrogen and oxygen atoms in total. The molecule has 1 aromatic rings. The number of hydrogen-bond acceptors (Lipinski definition) is 3. The fraction of sp³-hybridized carbons (Fsp3) is 0.667. The average molecular weight is 293 g/mol. The lowest BCUT2D eigenvalue weighted by Crippen LogP contribution is -2.39. The van der Waals surface area contributed by atoms with Crippen molar-refractivity contribution >= 4 is 0 Å². The van der Waals surface area contributed by atoms with Gasteiger partial charge in [0.15, 0.2) is 0 Å². The van der Waals surface area contributed by atoms with E-state index in [0.717, 1.165) is 24.4 Å². The molecule has 0 amide bonds. The van der Waals surface area contributed by atoms with E-state index in [1.165, 1.54) is 25.7 Å². The highest BCUT2D eigenvalue weighted by Crippen LogP contribution is 2.23. The van der Waals surface area contributed by atoms with Crippen LogP contribution in [-0.2, 0) is 0 Å². The number of unbranched alkanes of at least 4 members (excludes halogenated alkanes) is 2. The summed E-state index contributed by atoms with van der Waals surface area (Å²) in [5.74, 6) is 0.826. The van der Waals surface area contributed by atoms with Crippen LogP contribution in [0.5, 0.6) is 5.75 Å². The molecule has 0 aliphatic rings. The molecule has 2 atom stereocenters. The number of ether oxygens (including phenoxy) is 1. The van der Waals surface area contributed by atoms with Gasteiger partial charge in [0.1, 0.15) is 5.75 Å². The van der Waals surface area contributed by atoms with Gasteiger partial charge in [0.05, 0.1) is 13.2 Å². The fourth-order valence-corrected chi connectivity index (χ4v) is 2.52. The molecule has 1 N–H and O–H groups in total. The quantitative estimate of drug-likeness (QED) is 0.707. The van der Waals surface area contributed by atoms with Gasteiger partial charge in [-0.1, -0.05) is 38.8 Å². The highest BCUT2D eigenvalue weighted by molar-refractivity contribution is 5.29. The molecule has 0 aromatic heterocycles. The Balaban J connectivity index is 2.71. The minimum atomic E-state index is -0.454. The van der Waals surface area contributed by atoms with Crippen LogP contribution in [-0.4, -0.2) is 36.2 Å². The Morgan fingerprint density at radius 3 is 2.00 bits per heavy atom. The third-order valence-electron chi connectivity index (χ3n) is 4.09. The van der Waals surface area contributed by atoms with Gasteiger partial charge in [-0.05, 0) is 50.6 Å². The summed E-state index contributed by atoms with van der Waals surface area (Å²) in [5.41, 5.74) is 0.960. The normalized spacial score (nSPS) is 14.2. The van der Waals surface area contributed by atoms with Crippen molar-refractivity contribution in [3.8, 4) is 5.75 Å². The van der Waals surface area contributed by atoms with Crippen LogP contribution in [0.2, 0.25) is 0 Å². The molecule has 21 heavy (non-hydrogen) atoms. The number of aliphatic hydroxyl groups is 1. The lowest BCUT2D eigenvalue weighted by Gasteiger charge is -2.32. The maximum absolute atomic E-state index is 10.6. The maximum Gasteiger partial charge on any atom is 0.118 e. The Morgan fingerprint density at radius 2 is 1.57 bits per heavy atom. The molecule has 120 valence electrons. The minimum Gasteiger partial charge on any atom is -0.497 e. The third kappa shape index (κ3) is 5.68. The van der Waals surface area contributed by atoms with Crippen LogP contribution in [0.1, 0.15) is 58.1 Å². The van der Waals surface area contributed by atoms with Gasteiger partial charge >= 0.3 is 0 Å². The summed E-state index contributed by atoms with van der Waals surface area (Å²) in [6, 6.07) is 7.87. The topological polar surface area (TPSA) is 32.7 Å². The van der Waals surface area contributed by atoms with Crippen molar-refractivity contribution in [2.75, 3.05) is 20.2 Å². The second kappa shape index (κ2) is 9.80. The van der Waals surface area contributed by atoms with Gasteiger partial charge < -0.3 is 9.84 Å². The van der Waals surface area contributed by atoms with Gasteiger partial charge in [-0.3, -0.25) is 4.90 Å². The summed E-state index contributed by atoms with van der Waals surface area (Å²) in [6.45, 7) is 8.67. The van der Waals surface area contributed by atoms with E-state index in [9.17, 15) is 5.11 Å². The highest BCUT2D eigenvalue weighted by atomic mass is 16.5. The van der Waals surface area contributed by atoms with Gasteiger partial charge in [0.25, 0.3) is 0 Å². The number of methoxy groups -OCH3 is 1. The van der Waals surface area contributed by atoms with Crippen LogP contribution < -0.4 is 4.74 Å².